The summed E-state index contributed by atoms with van der Waals surface area (Å²) < 4.78 is 4.95. The molecule has 1 atom stereocenters. The molecule has 0 unspecified atom stereocenters. The third-order valence-corrected chi connectivity index (χ3v) is 5.19. The fourth-order valence-electron chi connectivity index (χ4n) is 3.66. The Morgan fingerprint density at radius 3 is 2.44 bits per heavy atom. The van der Waals surface area contributed by atoms with E-state index in [1.807, 2.05) is 0 Å². The topological polar surface area (TPSA) is 68.1 Å². The first-order chi connectivity index (χ1) is 12.0. The molecule has 0 aliphatic carbocycles. The van der Waals surface area contributed by atoms with Crippen LogP contribution in [-0.2, 0) is 14.3 Å². The van der Waals surface area contributed by atoms with Crippen molar-refractivity contribution in [3.63, 3.8) is 0 Å². The predicted octanol–water partition coefficient (Wildman–Crippen LogP) is 0.810. The molecule has 2 heterocycles. The lowest BCUT2D eigenvalue weighted by molar-refractivity contribution is -0.920. The second-order valence-electron chi connectivity index (χ2n) is 6.93. The fourth-order valence-corrected chi connectivity index (χ4v) is 3.66. The molecule has 2 aliphatic heterocycles. The number of nitrogens with zero attached hydrogens (tertiary/aromatic N) is 1. The fraction of sp³-hybridized carbons (Fsp3) is 0.526. The summed E-state index contributed by atoms with van der Waals surface area (Å²) in [5.41, 5.74) is 0.937. The molecule has 2 amide bonds. The lowest BCUT2D eigenvalue weighted by atomic mass is 9.97. The molecule has 0 aromatic heterocycles. The summed E-state index contributed by atoms with van der Waals surface area (Å²) in [7, 11) is 0. The van der Waals surface area contributed by atoms with Gasteiger partial charge in [-0.2, -0.15) is 0 Å². The maximum absolute atomic E-state index is 12.8. The number of ether oxygens (including phenoxy) is 1. The average Bonchev–Trinajstić information content (AvgIpc) is 2.90. The average molecular weight is 345 g/mol. The summed E-state index contributed by atoms with van der Waals surface area (Å²) in [5, 5.41) is 0. The normalized spacial score (nSPS) is 26.8. The second kappa shape index (κ2) is 7.35. The van der Waals surface area contributed by atoms with Crippen LogP contribution in [0.5, 0.6) is 0 Å². The first kappa shape index (κ1) is 17.6. The van der Waals surface area contributed by atoms with E-state index in [1.54, 1.807) is 31.2 Å². The number of likely N-dealkylation sites (tertiary alicyclic amines) is 1. The quantitative estimate of drug-likeness (QED) is 0.648. The van der Waals surface area contributed by atoms with E-state index in [9.17, 15) is 14.4 Å². The molecule has 2 aliphatic rings. The molecule has 0 saturated carbocycles. The van der Waals surface area contributed by atoms with Gasteiger partial charge in [0.15, 0.2) is 6.04 Å². The number of hydrogen-bond acceptors (Lipinski definition) is 4. The second-order valence-corrected chi connectivity index (χ2v) is 6.93. The van der Waals surface area contributed by atoms with Crippen molar-refractivity contribution in [2.45, 2.75) is 39.2 Å². The molecule has 1 N–H and O–H groups in total. The monoisotopic (exact) mass is 345 g/mol. The summed E-state index contributed by atoms with van der Waals surface area (Å²) in [6, 6.07) is 6.19. The Morgan fingerprint density at radius 2 is 1.84 bits per heavy atom. The van der Waals surface area contributed by atoms with Crippen molar-refractivity contribution in [3.8, 4) is 0 Å². The van der Waals surface area contributed by atoms with Gasteiger partial charge in [0, 0.05) is 0 Å². The summed E-state index contributed by atoms with van der Waals surface area (Å²) in [6.45, 7) is 6.18. The lowest BCUT2D eigenvalue weighted by Gasteiger charge is -2.30. The Morgan fingerprint density at radius 1 is 1.20 bits per heavy atom. The van der Waals surface area contributed by atoms with E-state index in [4.69, 9.17) is 4.74 Å². The third-order valence-electron chi connectivity index (χ3n) is 5.19. The largest absolute Gasteiger partial charge is 0.462 e. The summed E-state index contributed by atoms with van der Waals surface area (Å²) in [5.74, 6) is 0.00353. The summed E-state index contributed by atoms with van der Waals surface area (Å²) in [4.78, 5) is 39.4. The van der Waals surface area contributed by atoms with Crippen LogP contribution in [0.4, 0.5) is 5.69 Å². The molecule has 3 rings (SSSR count). The third kappa shape index (κ3) is 3.58. The van der Waals surface area contributed by atoms with Gasteiger partial charge in [0.2, 0.25) is 5.91 Å². The zero-order chi connectivity index (χ0) is 18.0. The number of imide groups is 1. The number of amides is 2. The smallest absolute Gasteiger partial charge is 0.338 e. The van der Waals surface area contributed by atoms with Gasteiger partial charge in [0.1, 0.15) is 0 Å². The molecule has 0 bridgehead atoms. The standard InChI is InChI=1S/C19H24N2O4/c1-3-25-19(24)14-4-6-15(7-5-14)21-17(22)12-16(18(21)23)20-10-8-13(2)9-11-20/h4-7,13,16H,3,8-12H2,1-2H3/p+1/t16-/m0/s1. The number of benzene rings is 1. The Hall–Kier alpha value is -2.21. The molecule has 1 aromatic carbocycles. The first-order valence-corrected chi connectivity index (χ1v) is 8.99. The van der Waals surface area contributed by atoms with Crippen molar-refractivity contribution < 1.29 is 24.0 Å². The van der Waals surface area contributed by atoms with Crippen molar-refractivity contribution in [2.24, 2.45) is 5.92 Å². The van der Waals surface area contributed by atoms with Crippen LogP contribution >= 0.6 is 0 Å². The molecule has 2 saturated heterocycles. The minimum atomic E-state index is -0.405. The number of anilines is 1. The van der Waals surface area contributed by atoms with Crippen LogP contribution in [0.3, 0.4) is 0 Å². The van der Waals surface area contributed by atoms with Crippen LogP contribution in [0, 0.1) is 5.92 Å². The van der Waals surface area contributed by atoms with E-state index in [-0.39, 0.29) is 24.3 Å². The minimum absolute atomic E-state index is 0.126. The van der Waals surface area contributed by atoms with Gasteiger partial charge in [-0.3, -0.25) is 9.59 Å². The molecule has 0 spiro atoms. The van der Waals surface area contributed by atoms with E-state index in [1.165, 1.54) is 9.80 Å². The van der Waals surface area contributed by atoms with Gasteiger partial charge in [-0.05, 0) is 49.9 Å². The van der Waals surface area contributed by atoms with Crippen LogP contribution in [-0.4, -0.2) is 43.5 Å². The number of hydrogen-bond donors (Lipinski definition) is 1. The molecule has 6 heteroatoms. The first-order valence-electron chi connectivity index (χ1n) is 8.99. The lowest BCUT2D eigenvalue weighted by Crippen LogP contribution is -3.17. The molecule has 0 radical (unpaired) electrons. The van der Waals surface area contributed by atoms with Gasteiger partial charge in [-0.15, -0.1) is 0 Å². The van der Waals surface area contributed by atoms with E-state index >= 15 is 0 Å². The van der Waals surface area contributed by atoms with Crippen LogP contribution in [0.2, 0.25) is 0 Å². The highest BCUT2D eigenvalue weighted by Crippen LogP contribution is 2.23. The van der Waals surface area contributed by atoms with Crippen molar-refractivity contribution in [2.75, 3.05) is 24.6 Å². The highest BCUT2D eigenvalue weighted by Gasteiger charge is 2.46. The number of piperidine rings is 1. The van der Waals surface area contributed by atoms with Crippen LogP contribution in [0.1, 0.15) is 43.5 Å². The molecule has 6 nitrogen and oxygen atoms in total. The highest BCUT2D eigenvalue weighted by atomic mass is 16.5. The van der Waals surface area contributed by atoms with Crippen molar-refractivity contribution in [1.82, 2.24) is 0 Å². The van der Waals surface area contributed by atoms with Gasteiger partial charge in [0.25, 0.3) is 5.91 Å². The number of nitrogens with one attached hydrogen (secondary N) is 1. The maximum Gasteiger partial charge on any atom is 0.338 e. The van der Waals surface area contributed by atoms with Crippen LogP contribution < -0.4 is 9.80 Å². The number of esters is 1. The summed E-state index contributed by atoms with van der Waals surface area (Å²) >= 11 is 0. The maximum atomic E-state index is 12.8. The zero-order valence-electron chi connectivity index (χ0n) is 14.8. The zero-order valence-corrected chi connectivity index (χ0v) is 14.8. The molecule has 1 aromatic rings. The number of rotatable bonds is 4. The predicted molar refractivity (Wildman–Crippen MR) is 92.4 cm³/mol. The van der Waals surface area contributed by atoms with Crippen LogP contribution in [0.25, 0.3) is 0 Å². The molecular weight excluding hydrogens is 320 g/mol. The van der Waals surface area contributed by atoms with E-state index < -0.39 is 5.97 Å². The van der Waals surface area contributed by atoms with Crippen LogP contribution in [0.15, 0.2) is 24.3 Å². The Balaban J connectivity index is 1.73. The number of carbonyl (C=O) groups excluding carboxylic acids is 3. The Kier molecular flexibility index (Phi) is 5.18. The van der Waals surface area contributed by atoms with Gasteiger partial charge in [0.05, 0.1) is 37.4 Å². The highest BCUT2D eigenvalue weighted by molar-refractivity contribution is 6.21. The van der Waals surface area contributed by atoms with Crippen molar-refractivity contribution in [3.05, 3.63) is 29.8 Å². The van der Waals surface area contributed by atoms with E-state index in [0.29, 0.717) is 23.8 Å². The Labute approximate surface area is 147 Å². The van der Waals surface area contributed by atoms with Gasteiger partial charge in [-0.25, -0.2) is 9.69 Å². The van der Waals surface area contributed by atoms with Gasteiger partial charge >= 0.3 is 5.97 Å². The van der Waals surface area contributed by atoms with Gasteiger partial charge < -0.3 is 9.64 Å². The van der Waals surface area contributed by atoms with E-state index in [0.717, 1.165) is 25.9 Å². The molecule has 25 heavy (non-hydrogen) atoms. The minimum Gasteiger partial charge on any atom is -0.462 e. The molecular formula is C19H25N2O4+. The molecule has 134 valence electrons. The number of quaternary nitrogens is 1. The van der Waals surface area contributed by atoms with Crippen molar-refractivity contribution >= 4 is 23.5 Å². The van der Waals surface area contributed by atoms with Gasteiger partial charge in [-0.1, -0.05) is 6.92 Å². The number of carbonyl (C=O) groups is 3. The SMILES string of the molecule is CCOC(=O)c1ccc(N2C(=O)C[C@H]([NH+]3CCC(C)CC3)C2=O)cc1. The molecule has 2 fully saturated rings. The summed E-state index contributed by atoms with van der Waals surface area (Å²) in [6.07, 6.45) is 2.46. The van der Waals surface area contributed by atoms with Crippen molar-refractivity contribution in [1.29, 1.82) is 0 Å². The van der Waals surface area contributed by atoms with E-state index in [2.05, 4.69) is 6.92 Å². The Bertz CT molecular complexity index is 663.